The van der Waals surface area contributed by atoms with Gasteiger partial charge in [-0.1, -0.05) is 32.3 Å². The molecule has 0 N–H and O–H groups in total. The second kappa shape index (κ2) is 10.7. The molecule has 0 spiro atoms. The zero-order valence-corrected chi connectivity index (χ0v) is 13.3. The summed E-state index contributed by atoms with van der Waals surface area (Å²) in [5.74, 6) is -2.98. The fraction of sp³-hybridized carbons (Fsp3) is 0.529. The number of unbranched alkanes of at least 4 members (excludes halogenated alkanes) is 3. The zero-order valence-electron chi connectivity index (χ0n) is 13.3. The number of hydrogen-bond donors (Lipinski definition) is 0. The predicted molar refractivity (Wildman–Crippen MR) is 80.5 cm³/mol. The van der Waals surface area contributed by atoms with E-state index in [1.807, 2.05) is 0 Å². The van der Waals surface area contributed by atoms with Crippen LogP contribution in [-0.2, 0) is 25.7 Å². The van der Waals surface area contributed by atoms with Gasteiger partial charge in [-0.15, -0.1) is 0 Å². The number of carbonyl (C=O) groups is 2. The fourth-order valence-electron chi connectivity index (χ4n) is 1.86. The van der Waals surface area contributed by atoms with Crippen molar-refractivity contribution in [1.82, 2.24) is 0 Å². The average Bonchev–Trinajstić information content (AvgIpc) is 2.54. The van der Waals surface area contributed by atoms with Crippen LogP contribution >= 0.6 is 0 Å². The molecule has 0 radical (unpaired) electrons. The molecule has 0 amide bonds. The van der Waals surface area contributed by atoms with Gasteiger partial charge in [0, 0.05) is 0 Å². The topological polar surface area (TPSA) is 52.6 Å². The summed E-state index contributed by atoms with van der Waals surface area (Å²) < 4.78 is 35.6. The highest BCUT2D eigenvalue weighted by Gasteiger charge is 2.10. The number of halogens is 2. The van der Waals surface area contributed by atoms with E-state index >= 15 is 0 Å². The van der Waals surface area contributed by atoms with Crippen molar-refractivity contribution in [2.45, 2.75) is 52.1 Å². The molecule has 1 rings (SSSR count). The van der Waals surface area contributed by atoms with Crippen LogP contribution in [0.5, 0.6) is 0 Å². The number of rotatable bonds is 10. The molecule has 0 aromatic heterocycles. The maximum Gasteiger partial charge on any atom is 0.306 e. The fourth-order valence-corrected chi connectivity index (χ4v) is 1.86. The first-order chi connectivity index (χ1) is 11.0. The Labute approximate surface area is 134 Å². The number of esters is 2. The van der Waals surface area contributed by atoms with E-state index < -0.39 is 23.6 Å². The highest BCUT2D eigenvalue weighted by molar-refractivity contribution is 5.77. The highest BCUT2D eigenvalue weighted by Crippen LogP contribution is 2.10. The lowest BCUT2D eigenvalue weighted by Gasteiger charge is -2.06. The van der Waals surface area contributed by atoms with Crippen molar-refractivity contribution in [2.24, 2.45) is 0 Å². The zero-order chi connectivity index (χ0) is 17.1. The second-order valence-corrected chi connectivity index (χ2v) is 5.19. The average molecular weight is 328 g/mol. The van der Waals surface area contributed by atoms with Gasteiger partial charge in [0.15, 0.2) is 11.6 Å². The quantitative estimate of drug-likeness (QED) is 0.483. The minimum absolute atomic E-state index is 0.0512. The molecule has 1 aromatic carbocycles. The standard InChI is InChI=1S/C17H22F2O4/c1-2-3-4-5-10-22-16(20)8-9-17(21)23-12-13-6-7-14(18)15(19)11-13/h6-7,11H,2-5,8-10,12H2,1H3. The van der Waals surface area contributed by atoms with Crippen molar-refractivity contribution >= 4 is 11.9 Å². The smallest absolute Gasteiger partial charge is 0.306 e. The van der Waals surface area contributed by atoms with Crippen molar-refractivity contribution in [3.05, 3.63) is 35.4 Å². The van der Waals surface area contributed by atoms with E-state index in [1.165, 1.54) is 6.07 Å². The van der Waals surface area contributed by atoms with E-state index in [0.717, 1.165) is 37.8 Å². The Kier molecular flexibility index (Phi) is 8.87. The Hall–Kier alpha value is -1.98. The lowest BCUT2D eigenvalue weighted by atomic mass is 10.2. The summed E-state index contributed by atoms with van der Waals surface area (Å²) in [4.78, 5) is 22.9. The van der Waals surface area contributed by atoms with Crippen molar-refractivity contribution in [3.8, 4) is 0 Å². The van der Waals surface area contributed by atoms with Gasteiger partial charge in [0.25, 0.3) is 0 Å². The van der Waals surface area contributed by atoms with Crippen molar-refractivity contribution in [2.75, 3.05) is 6.61 Å². The normalized spacial score (nSPS) is 10.4. The first-order valence-corrected chi connectivity index (χ1v) is 7.78. The van der Waals surface area contributed by atoms with Crippen LogP contribution in [-0.4, -0.2) is 18.5 Å². The summed E-state index contributed by atoms with van der Waals surface area (Å²) in [6, 6.07) is 3.26. The van der Waals surface area contributed by atoms with E-state index in [1.54, 1.807) is 0 Å². The van der Waals surface area contributed by atoms with Crippen molar-refractivity contribution in [1.29, 1.82) is 0 Å². The van der Waals surface area contributed by atoms with Gasteiger partial charge in [-0.05, 0) is 24.1 Å². The van der Waals surface area contributed by atoms with Gasteiger partial charge in [0.05, 0.1) is 19.4 Å². The van der Waals surface area contributed by atoms with E-state index in [0.29, 0.717) is 12.2 Å². The second-order valence-electron chi connectivity index (χ2n) is 5.19. The molecule has 0 saturated carbocycles. The molecule has 128 valence electrons. The molecule has 0 bridgehead atoms. The first-order valence-electron chi connectivity index (χ1n) is 7.78. The molecular formula is C17H22F2O4. The number of benzene rings is 1. The monoisotopic (exact) mass is 328 g/mol. The predicted octanol–water partition coefficient (Wildman–Crippen LogP) is 3.91. The minimum atomic E-state index is -0.995. The molecule has 0 atom stereocenters. The van der Waals surface area contributed by atoms with Crippen LogP contribution in [0.4, 0.5) is 8.78 Å². The maximum absolute atomic E-state index is 13.0. The van der Waals surface area contributed by atoms with Crippen LogP contribution in [0.15, 0.2) is 18.2 Å². The Morgan fingerprint density at radius 3 is 2.30 bits per heavy atom. The summed E-state index contributed by atoms with van der Waals surface area (Å²) >= 11 is 0. The molecule has 0 aliphatic rings. The number of carbonyl (C=O) groups excluding carboxylic acids is 2. The molecule has 6 heteroatoms. The van der Waals surface area contributed by atoms with Crippen LogP contribution in [0.3, 0.4) is 0 Å². The van der Waals surface area contributed by atoms with Crippen LogP contribution < -0.4 is 0 Å². The molecule has 0 heterocycles. The van der Waals surface area contributed by atoms with Gasteiger partial charge in [-0.2, -0.15) is 0 Å². The molecule has 1 aromatic rings. The summed E-state index contributed by atoms with van der Waals surface area (Å²) in [7, 11) is 0. The van der Waals surface area contributed by atoms with Crippen LogP contribution in [0, 0.1) is 11.6 Å². The van der Waals surface area contributed by atoms with E-state index in [9.17, 15) is 18.4 Å². The SMILES string of the molecule is CCCCCCOC(=O)CCC(=O)OCc1ccc(F)c(F)c1. The summed E-state index contributed by atoms with van der Waals surface area (Å²) in [6.45, 7) is 2.29. The number of ether oxygens (including phenoxy) is 2. The van der Waals surface area contributed by atoms with Crippen molar-refractivity contribution in [3.63, 3.8) is 0 Å². The third-order valence-electron chi connectivity index (χ3n) is 3.18. The Morgan fingerprint density at radius 1 is 0.957 bits per heavy atom. The lowest BCUT2D eigenvalue weighted by molar-refractivity contribution is -0.151. The van der Waals surface area contributed by atoms with Gasteiger partial charge < -0.3 is 9.47 Å². The summed E-state index contributed by atoms with van der Waals surface area (Å²) in [5.41, 5.74) is 0.343. The van der Waals surface area contributed by atoms with Gasteiger partial charge in [0.2, 0.25) is 0 Å². The molecule has 0 saturated heterocycles. The molecule has 4 nitrogen and oxygen atoms in total. The third-order valence-corrected chi connectivity index (χ3v) is 3.18. The largest absolute Gasteiger partial charge is 0.466 e. The molecule has 0 aliphatic heterocycles. The van der Waals surface area contributed by atoms with Gasteiger partial charge in [-0.3, -0.25) is 9.59 Å². The van der Waals surface area contributed by atoms with Crippen LogP contribution in [0.25, 0.3) is 0 Å². The highest BCUT2D eigenvalue weighted by atomic mass is 19.2. The van der Waals surface area contributed by atoms with Gasteiger partial charge >= 0.3 is 11.9 Å². The van der Waals surface area contributed by atoms with Crippen LogP contribution in [0.2, 0.25) is 0 Å². The number of hydrogen-bond acceptors (Lipinski definition) is 4. The van der Waals surface area contributed by atoms with Crippen LogP contribution in [0.1, 0.15) is 51.0 Å². The minimum Gasteiger partial charge on any atom is -0.466 e. The Morgan fingerprint density at radius 2 is 1.65 bits per heavy atom. The van der Waals surface area contributed by atoms with E-state index in [-0.39, 0.29) is 19.4 Å². The van der Waals surface area contributed by atoms with Crippen molar-refractivity contribution < 1.29 is 27.8 Å². The first kappa shape index (κ1) is 19.1. The lowest BCUT2D eigenvalue weighted by Crippen LogP contribution is -2.11. The molecular weight excluding hydrogens is 306 g/mol. The summed E-state index contributed by atoms with van der Waals surface area (Å²) in [5, 5.41) is 0. The Balaban J connectivity index is 2.16. The van der Waals surface area contributed by atoms with Gasteiger partial charge in [-0.25, -0.2) is 8.78 Å². The third kappa shape index (κ3) is 8.28. The Bertz CT molecular complexity index is 517. The van der Waals surface area contributed by atoms with E-state index in [2.05, 4.69) is 6.92 Å². The summed E-state index contributed by atoms with van der Waals surface area (Å²) in [6.07, 6.45) is 3.90. The maximum atomic E-state index is 13.0. The van der Waals surface area contributed by atoms with E-state index in [4.69, 9.17) is 9.47 Å². The van der Waals surface area contributed by atoms with Gasteiger partial charge in [0.1, 0.15) is 6.61 Å². The molecule has 0 unspecified atom stereocenters. The molecule has 0 aliphatic carbocycles. The molecule has 23 heavy (non-hydrogen) atoms. The molecule has 0 fully saturated rings.